The summed E-state index contributed by atoms with van der Waals surface area (Å²) in [4.78, 5) is 0. The number of nitrogens with zero attached hydrogens (tertiary/aromatic N) is 1. The van der Waals surface area contributed by atoms with Crippen molar-refractivity contribution in [3.05, 3.63) is 29.8 Å². The van der Waals surface area contributed by atoms with Crippen LogP contribution in [0.5, 0.6) is 5.75 Å². The summed E-state index contributed by atoms with van der Waals surface area (Å²) in [5.74, 6) is 0.793. The smallest absolute Gasteiger partial charge is 0.287 e. The van der Waals surface area contributed by atoms with Crippen molar-refractivity contribution in [1.82, 2.24) is 0 Å². The zero-order valence-corrected chi connectivity index (χ0v) is 8.57. The van der Waals surface area contributed by atoms with Gasteiger partial charge in [0.1, 0.15) is 11.4 Å². The summed E-state index contributed by atoms with van der Waals surface area (Å²) in [5, 5.41) is 8.47. The maximum atomic E-state index is 8.47. The highest BCUT2D eigenvalue weighted by Crippen LogP contribution is 2.25. The highest BCUT2D eigenvalue weighted by atomic mass is 16.5. The van der Waals surface area contributed by atoms with Gasteiger partial charge in [-0.1, -0.05) is 12.1 Å². The van der Waals surface area contributed by atoms with E-state index in [0.29, 0.717) is 0 Å². The monoisotopic (exact) mass is 191 g/mol. The maximum Gasteiger partial charge on any atom is 0.287 e. The Labute approximate surface area is 83.9 Å². The first-order chi connectivity index (χ1) is 6.60. The van der Waals surface area contributed by atoms with Crippen LogP contribution in [0.2, 0.25) is 0 Å². The highest BCUT2D eigenvalue weighted by Gasteiger charge is 2.21. The van der Waals surface area contributed by atoms with Gasteiger partial charge in [0.15, 0.2) is 0 Å². The van der Waals surface area contributed by atoms with E-state index in [0.717, 1.165) is 11.3 Å². The van der Waals surface area contributed by atoms with E-state index in [-0.39, 0.29) is 0 Å². The third kappa shape index (κ3) is 2.17. The van der Waals surface area contributed by atoms with Crippen LogP contribution in [0.1, 0.15) is 19.4 Å². The first-order valence-corrected chi connectivity index (χ1v) is 4.32. The molecule has 3 nitrogen and oxygen atoms in total. The van der Waals surface area contributed by atoms with Crippen LogP contribution in [0.25, 0.3) is 0 Å². The fourth-order valence-corrected chi connectivity index (χ4v) is 1.17. The van der Waals surface area contributed by atoms with Gasteiger partial charge in [-0.15, -0.1) is 0 Å². The molecular formula is C11H13NO2. The Bertz CT molecular complexity index is 335. The van der Waals surface area contributed by atoms with Crippen LogP contribution in [0.15, 0.2) is 24.3 Å². The Balaban J connectivity index is 2.92. The van der Waals surface area contributed by atoms with Crippen LogP contribution in [-0.2, 0) is 10.3 Å². The van der Waals surface area contributed by atoms with Crippen LogP contribution >= 0.6 is 0 Å². The van der Waals surface area contributed by atoms with Crippen molar-refractivity contribution in [1.29, 1.82) is 5.26 Å². The Morgan fingerprint density at radius 2 is 1.79 bits per heavy atom. The van der Waals surface area contributed by atoms with Crippen molar-refractivity contribution in [2.24, 2.45) is 0 Å². The molecule has 0 unspecified atom stereocenters. The molecule has 1 aromatic carbocycles. The van der Waals surface area contributed by atoms with Gasteiger partial charge < -0.3 is 9.47 Å². The molecule has 0 radical (unpaired) electrons. The second-order valence-electron chi connectivity index (χ2n) is 3.43. The van der Waals surface area contributed by atoms with Crippen molar-refractivity contribution in [2.45, 2.75) is 19.4 Å². The van der Waals surface area contributed by atoms with E-state index in [9.17, 15) is 0 Å². The molecule has 1 rings (SSSR count). The van der Waals surface area contributed by atoms with Gasteiger partial charge in [0.05, 0.1) is 7.11 Å². The molecule has 0 N–H and O–H groups in total. The molecule has 3 heteroatoms. The molecular weight excluding hydrogens is 178 g/mol. The molecule has 74 valence electrons. The molecule has 0 fully saturated rings. The average molecular weight is 191 g/mol. The van der Waals surface area contributed by atoms with Gasteiger partial charge in [0, 0.05) is 0 Å². The van der Waals surface area contributed by atoms with Gasteiger partial charge in [0.25, 0.3) is 6.26 Å². The Kier molecular flexibility index (Phi) is 2.98. The fourth-order valence-electron chi connectivity index (χ4n) is 1.17. The minimum absolute atomic E-state index is 0.582. The van der Waals surface area contributed by atoms with Gasteiger partial charge in [-0.2, -0.15) is 5.26 Å². The zero-order chi connectivity index (χ0) is 10.6. The van der Waals surface area contributed by atoms with Crippen LogP contribution < -0.4 is 4.74 Å². The van der Waals surface area contributed by atoms with E-state index >= 15 is 0 Å². The summed E-state index contributed by atoms with van der Waals surface area (Å²) < 4.78 is 9.99. The van der Waals surface area contributed by atoms with Crippen LogP contribution in [0.4, 0.5) is 0 Å². The largest absolute Gasteiger partial charge is 0.497 e. The summed E-state index contributed by atoms with van der Waals surface area (Å²) >= 11 is 0. The molecule has 14 heavy (non-hydrogen) atoms. The normalized spacial score (nSPS) is 10.4. The van der Waals surface area contributed by atoms with Crippen molar-refractivity contribution in [3.8, 4) is 12.0 Å². The topological polar surface area (TPSA) is 42.2 Å². The lowest BCUT2D eigenvalue weighted by molar-refractivity contribution is 0.0702. The van der Waals surface area contributed by atoms with Crippen molar-refractivity contribution in [3.63, 3.8) is 0 Å². The molecule has 0 heterocycles. The molecule has 0 bridgehead atoms. The SMILES string of the molecule is COc1ccc(C(C)(C)OC#N)cc1. The van der Waals surface area contributed by atoms with E-state index in [2.05, 4.69) is 0 Å². The number of nitriles is 1. The number of hydrogen-bond donors (Lipinski definition) is 0. The highest BCUT2D eigenvalue weighted by molar-refractivity contribution is 5.30. The van der Waals surface area contributed by atoms with Crippen LogP contribution in [0.3, 0.4) is 0 Å². The van der Waals surface area contributed by atoms with Crippen molar-refractivity contribution >= 4 is 0 Å². The molecule has 0 aliphatic heterocycles. The summed E-state index contributed by atoms with van der Waals surface area (Å²) in [5.41, 5.74) is 0.362. The van der Waals surface area contributed by atoms with Crippen molar-refractivity contribution in [2.75, 3.05) is 7.11 Å². The van der Waals surface area contributed by atoms with E-state index < -0.39 is 5.60 Å². The van der Waals surface area contributed by atoms with E-state index in [4.69, 9.17) is 14.7 Å². The predicted octanol–water partition coefficient (Wildman–Crippen LogP) is 2.43. The molecule has 0 aromatic heterocycles. The Hall–Kier alpha value is -1.69. The number of rotatable bonds is 3. The third-order valence-corrected chi connectivity index (χ3v) is 2.09. The standard InChI is InChI=1S/C11H13NO2/c1-11(2,14-8-12)9-4-6-10(13-3)7-5-9/h4-7H,1-3H3. The molecule has 1 aromatic rings. The molecule has 0 saturated carbocycles. The first-order valence-electron chi connectivity index (χ1n) is 4.32. The van der Waals surface area contributed by atoms with E-state index in [1.54, 1.807) is 13.4 Å². The second-order valence-corrected chi connectivity index (χ2v) is 3.43. The van der Waals surface area contributed by atoms with Gasteiger partial charge in [-0.3, -0.25) is 0 Å². The lowest BCUT2D eigenvalue weighted by Gasteiger charge is -2.21. The minimum atomic E-state index is -0.582. The van der Waals surface area contributed by atoms with Crippen LogP contribution in [0, 0.1) is 11.5 Å². The molecule has 0 aliphatic carbocycles. The van der Waals surface area contributed by atoms with E-state index in [1.165, 1.54) is 0 Å². The number of hydrogen-bond acceptors (Lipinski definition) is 3. The average Bonchev–Trinajstić information content (AvgIpc) is 2.18. The Morgan fingerprint density at radius 1 is 1.21 bits per heavy atom. The first kappa shape index (κ1) is 10.4. The van der Waals surface area contributed by atoms with E-state index in [1.807, 2.05) is 38.1 Å². The maximum absolute atomic E-state index is 8.47. The van der Waals surface area contributed by atoms with Gasteiger partial charge >= 0.3 is 0 Å². The number of benzene rings is 1. The predicted molar refractivity (Wildman–Crippen MR) is 52.7 cm³/mol. The summed E-state index contributed by atoms with van der Waals surface area (Å²) in [6.07, 6.45) is 1.70. The lowest BCUT2D eigenvalue weighted by Crippen LogP contribution is -2.18. The van der Waals surface area contributed by atoms with Crippen molar-refractivity contribution < 1.29 is 9.47 Å². The Morgan fingerprint density at radius 3 is 2.21 bits per heavy atom. The van der Waals surface area contributed by atoms with Gasteiger partial charge in [-0.25, -0.2) is 0 Å². The number of methoxy groups -OCH3 is 1. The molecule has 0 saturated heterocycles. The molecule has 0 amide bonds. The molecule has 0 atom stereocenters. The minimum Gasteiger partial charge on any atom is -0.497 e. The zero-order valence-electron chi connectivity index (χ0n) is 8.57. The summed E-state index contributed by atoms with van der Waals surface area (Å²) in [6.45, 7) is 3.69. The summed E-state index contributed by atoms with van der Waals surface area (Å²) in [6, 6.07) is 7.46. The van der Waals surface area contributed by atoms with Crippen LogP contribution in [-0.4, -0.2) is 7.11 Å². The van der Waals surface area contributed by atoms with Gasteiger partial charge in [0.2, 0.25) is 0 Å². The second kappa shape index (κ2) is 4.01. The lowest BCUT2D eigenvalue weighted by atomic mass is 9.98. The molecule has 0 aliphatic rings. The quantitative estimate of drug-likeness (QED) is 0.689. The number of ether oxygens (including phenoxy) is 2. The fraction of sp³-hybridized carbons (Fsp3) is 0.364. The van der Waals surface area contributed by atoms with Gasteiger partial charge in [-0.05, 0) is 31.5 Å². The molecule has 0 spiro atoms. The third-order valence-electron chi connectivity index (χ3n) is 2.09. The summed E-state index contributed by atoms with van der Waals surface area (Å²) in [7, 11) is 1.62.